The molecule has 0 saturated carbocycles. The number of amides is 3. The second kappa shape index (κ2) is 8.53. The van der Waals surface area contributed by atoms with Crippen molar-refractivity contribution in [2.75, 3.05) is 24.7 Å². The molecular formula is C18H19N5O6S. The number of fused-ring (bicyclic) bond motifs is 1. The molecule has 2 fully saturated rings. The van der Waals surface area contributed by atoms with Crippen LogP contribution in [0.4, 0.5) is 5.82 Å². The summed E-state index contributed by atoms with van der Waals surface area (Å²) in [5.41, 5.74) is -1.26. The number of carbonyl (C=O) groups is 4. The zero-order chi connectivity index (χ0) is 21.9. The highest BCUT2D eigenvalue weighted by atomic mass is 32.2. The molecule has 12 heteroatoms. The maximum absolute atomic E-state index is 12.8. The number of nitrogens with zero attached hydrogens (tertiary/aromatic N) is 3. The minimum absolute atomic E-state index is 0.00527. The van der Waals surface area contributed by atoms with Crippen LogP contribution in [0.15, 0.2) is 36.0 Å². The number of pyridine rings is 1. The second-order valence-corrected chi connectivity index (χ2v) is 7.68. The van der Waals surface area contributed by atoms with Gasteiger partial charge in [-0.1, -0.05) is 17.3 Å². The van der Waals surface area contributed by atoms with E-state index in [9.17, 15) is 24.3 Å². The second-order valence-electron chi connectivity index (χ2n) is 6.58. The molecule has 11 nitrogen and oxygen atoms in total. The Morgan fingerprint density at radius 1 is 1.50 bits per heavy atom. The fourth-order valence-electron chi connectivity index (χ4n) is 3.15. The summed E-state index contributed by atoms with van der Waals surface area (Å²) in [5.74, 6) is -1.69. The molecule has 3 N–H and O–H groups in total. The molecule has 1 aromatic rings. The zero-order valence-electron chi connectivity index (χ0n) is 15.9. The Labute approximate surface area is 175 Å². The van der Waals surface area contributed by atoms with Gasteiger partial charge in [0, 0.05) is 12.3 Å². The van der Waals surface area contributed by atoms with E-state index in [4.69, 9.17) is 4.84 Å². The van der Waals surface area contributed by atoms with Gasteiger partial charge in [-0.05, 0) is 12.1 Å². The van der Waals surface area contributed by atoms with Gasteiger partial charge < -0.3 is 25.5 Å². The summed E-state index contributed by atoms with van der Waals surface area (Å²) in [6, 6.07) is 3.77. The third kappa shape index (κ3) is 3.73. The van der Waals surface area contributed by atoms with Crippen molar-refractivity contribution in [3.05, 3.63) is 36.5 Å². The van der Waals surface area contributed by atoms with Crippen molar-refractivity contribution < 1.29 is 29.1 Å². The number of aliphatic carboxylic acids is 1. The highest BCUT2D eigenvalue weighted by Crippen LogP contribution is 2.42. The smallest absolute Gasteiger partial charge is 0.316 e. The molecule has 2 unspecified atom stereocenters. The predicted molar refractivity (Wildman–Crippen MR) is 108 cm³/mol. The molecule has 30 heavy (non-hydrogen) atoms. The van der Waals surface area contributed by atoms with Crippen LogP contribution in [0.25, 0.3) is 0 Å². The summed E-state index contributed by atoms with van der Waals surface area (Å²) in [5, 5.41) is 17.8. The van der Waals surface area contributed by atoms with E-state index in [0.717, 1.165) is 0 Å². The largest absolute Gasteiger partial charge is 0.481 e. The van der Waals surface area contributed by atoms with Gasteiger partial charge >= 0.3 is 5.97 Å². The number of carboxylic acids is 1. The Hall–Kier alpha value is -3.41. The van der Waals surface area contributed by atoms with E-state index in [2.05, 4.69) is 27.4 Å². The summed E-state index contributed by atoms with van der Waals surface area (Å²) in [4.78, 5) is 57.8. The number of hydrogen-bond donors (Lipinski definition) is 3. The number of aromatic nitrogens is 1. The Kier molecular flexibility index (Phi) is 6.06. The molecule has 2 aliphatic heterocycles. The Morgan fingerprint density at radius 3 is 2.90 bits per heavy atom. The number of hydrogen-bond acceptors (Lipinski definition) is 8. The van der Waals surface area contributed by atoms with Gasteiger partial charge in [0.1, 0.15) is 35.5 Å². The maximum atomic E-state index is 12.8. The lowest BCUT2D eigenvalue weighted by Gasteiger charge is -2.53. The van der Waals surface area contributed by atoms with Crippen molar-refractivity contribution in [3.8, 4) is 0 Å². The van der Waals surface area contributed by atoms with Gasteiger partial charge in [-0.2, -0.15) is 0 Å². The number of anilines is 1. The summed E-state index contributed by atoms with van der Waals surface area (Å²) in [6.45, 7) is 3.58. The molecule has 3 rings (SSSR count). The summed E-state index contributed by atoms with van der Waals surface area (Å²) in [7, 11) is 1.26. The Balaban J connectivity index is 1.74. The lowest BCUT2D eigenvalue weighted by molar-refractivity contribution is -0.156. The van der Waals surface area contributed by atoms with Crippen LogP contribution in [-0.4, -0.2) is 75.7 Å². The fraction of sp³-hybridized carbons (Fsp3) is 0.333. The average molecular weight is 433 g/mol. The number of oxime groups is 1. The number of carboxylic acid groups (broad SMARTS) is 1. The first kappa shape index (κ1) is 21.3. The molecule has 3 atom stereocenters. The normalized spacial score (nSPS) is 25.4. The van der Waals surface area contributed by atoms with Crippen LogP contribution >= 0.6 is 11.8 Å². The van der Waals surface area contributed by atoms with E-state index < -0.39 is 34.6 Å². The van der Waals surface area contributed by atoms with Gasteiger partial charge in [-0.25, -0.2) is 4.98 Å². The van der Waals surface area contributed by atoms with Crippen LogP contribution < -0.4 is 10.6 Å². The van der Waals surface area contributed by atoms with E-state index in [1.54, 1.807) is 6.07 Å². The number of nitrogens with one attached hydrogen (secondary N) is 2. The molecule has 0 radical (unpaired) electrons. The molecule has 0 aliphatic carbocycles. The standard InChI is InChI=1S/C18H19N5O6S/c1-3-18(17(27)28)7-23-15(26)13(16(23)30-8-18)21-14(25)12(22-29-2)10-5-4-6-11(20-10)19-9-24/h3-6,9,13,16H,1,7-8H2,2H3,(H,21,25)(H,27,28)(H,19,20,24)/t13?,16-,18?/m1/s1. The third-order valence-corrected chi connectivity index (χ3v) is 6.36. The first-order valence-electron chi connectivity index (χ1n) is 8.75. The van der Waals surface area contributed by atoms with Crippen LogP contribution in [-0.2, 0) is 24.0 Å². The van der Waals surface area contributed by atoms with Crippen molar-refractivity contribution >= 4 is 47.5 Å². The van der Waals surface area contributed by atoms with Crippen molar-refractivity contribution in [3.63, 3.8) is 0 Å². The minimum atomic E-state index is -1.22. The van der Waals surface area contributed by atoms with E-state index in [-0.39, 0.29) is 29.5 Å². The van der Waals surface area contributed by atoms with Crippen LogP contribution in [0.1, 0.15) is 5.69 Å². The molecule has 2 saturated heterocycles. The Bertz CT molecular complexity index is 937. The average Bonchev–Trinajstić information content (AvgIpc) is 2.75. The summed E-state index contributed by atoms with van der Waals surface area (Å²) < 4.78 is 0. The van der Waals surface area contributed by atoms with Gasteiger partial charge in [0.05, 0.1) is 0 Å². The van der Waals surface area contributed by atoms with Crippen molar-refractivity contribution in [2.24, 2.45) is 10.6 Å². The number of rotatable bonds is 8. The topological polar surface area (TPSA) is 150 Å². The van der Waals surface area contributed by atoms with Crippen molar-refractivity contribution in [1.29, 1.82) is 0 Å². The van der Waals surface area contributed by atoms with E-state index in [1.165, 1.54) is 42.0 Å². The van der Waals surface area contributed by atoms with E-state index in [0.29, 0.717) is 6.41 Å². The number of carbonyl (C=O) groups excluding carboxylic acids is 3. The number of thioether (sulfide) groups is 1. The van der Waals surface area contributed by atoms with Gasteiger partial charge in [-0.15, -0.1) is 18.3 Å². The van der Waals surface area contributed by atoms with Gasteiger partial charge in [-0.3, -0.25) is 19.2 Å². The first-order valence-corrected chi connectivity index (χ1v) is 9.80. The minimum Gasteiger partial charge on any atom is -0.481 e. The van der Waals surface area contributed by atoms with Crippen LogP contribution in [0, 0.1) is 5.41 Å². The molecule has 2 aliphatic rings. The molecule has 0 bridgehead atoms. The third-order valence-electron chi connectivity index (χ3n) is 4.81. The van der Waals surface area contributed by atoms with Crippen LogP contribution in [0.2, 0.25) is 0 Å². The molecule has 3 heterocycles. The van der Waals surface area contributed by atoms with Gasteiger partial charge in [0.15, 0.2) is 5.71 Å². The summed E-state index contributed by atoms with van der Waals surface area (Å²) in [6.07, 6.45) is 1.79. The van der Waals surface area contributed by atoms with Crippen LogP contribution in [0.3, 0.4) is 0 Å². The Morgan fingerprint density at radius 2 is 2.27 bits per heavy atom. The van der Waals surface area contributed by atoms with Gasteiger partial charge in [0.25, 0.3) is 5.91 Å². The summed E-state index contributed by atoms with van der Waals surface area (Å²) >= 11 is 1.26. The van der Waals surface area contributed by atoms with Crippen LogP contribution in [0.5, 0.6) is 0 Å². The first-order chi connectivity index (χ1) is 14.4. The predicted octanol–water partition coefficient (Wildman–Crippen LogP) is -0.343. The molecule has 0 aromatic carbocycles. The molecule has 3 amide bonds. The molecule has 1 aromatic heterocycles. The highest BCUT2D eigenvalue weighted by Gasteiger charge is 2.56. The monoisotopic (exact) mass is 433 g/mol. The lowest BCUT2D eigenvalue weighted by atomic mass is 9.87. The number of β-lactam (4-membered cyclic amide) rings is 1. The molecule has 158 valence electrons. The SMILES string of the molecule is C=CC1(C(=O)O)CS[C@@H]2C(NC(=O)C(=NOC)c3cccc(NC=O)n3)C(=O)N2C1. The van der Waals surface area contributed by atoms with Crippen molar-refractivity contribution in [1.82, 2.24) is 15.2 Å². The maximum Gasteiger partial charge on any atom is 0.316 e. The fourth-order valence-corrected chi connectivity index (χ4v) is 4.68. The van der Waals surface area contributed by atoms with E-state index in [1.807, 2.05) is 0 Å². The van der Waals surface area contributed by atoms with Crippen molar-refractivity contribution in [2.45, 2.75) is 11.4 Å². The molecule has 0 spiro atoms. The highest BCUT2D eigenvalue weighted by molar-refractivity contribution is 8.00. The zero-order valence-corrected chi connectivity index (χ0v) is 16.7. The lowest BCUT2D eigenvalue weighted by Crippen LogP contribution is -2.73. The molecular weight excluding hydrogens is 414 g/mol. The quantitative estimate of drug-likeness (QED) is 0.166. The van der Waals surface area contributed by atoms with Gasteiger partial charge in [0.2, 0.25) is 12.3 Å². The van der Waals surface area contributed by atoms with E-state index >= 15 is 0 Å².